The molecule has 6 heterocycles. The van der Waals surface area contributed by atoms with Crippen LogP contribution in [-0.4, -0.2) is 24.6 Å². The Kier molecular flexibility index (Phi) is 3.97. The minimum absolute atomic E-state index is 0.395. The highest BCUT2D eigenvalue weighted by atomic mass is 32.1. The molecule has 1 aromatic carbocycles. The lowest BCUT2D eigenvalue weighted by molar-refractivity contribution is 0.423. The van der Waals surface area contributed by atoms with Crippen molar-refractivity contribution < 1.29 is 9.15 Å². The van der Waals surface area contributed by atoms with Gasteiger partial charge in [-0.15, -0.1) is 16.4 Å². The lowest BCUT2D eigenvalue weighted by Crippen LogP contribution is -2.21. The van der Waals surface area contributed by atoms with Gasteiger partial charge in [0.15, 0.2) is 11.4 Å². The van der Waals surface area contributed by atoms with Gasteiger partial charge in [-0.3, -0.25) is 4.98 Å². The fourth-order valence-electron chi connectivity index (χ4n) is 4.43. The number of pyridine rings is 1. The Morgan fingerprint density at radius 3 is 2.71 bits per heavy atom. The van der Waals surface area contributed by atoms with Gasteiger partial charge in [-0.05, 0) is 43.3 Å². The predicted molar refractivity (Wildman–Crippen MR) is 127 cm³/mol. The Bertz CT molecular complexity index is 1790. The van der Waals surface area contributed by atoms with Crippen molar-refractivity contribution in [2.24, 2.45) is 0 Å². The molecule has 0 saturated carbocycles. The SMILES string of the molecule is Cc1ccc(C2c3c(c4ccccc4oc3=O)Oc3ncn4nc(-c5ccccn5)nc4c32)s1. The Hall–Kier alpha value is -4.37. The highest BCUT2D eigenvalue weighted by Crippen LogP contribution is 2.50. The number of benzene rings is 1. The Labute approximate surface area is 196 Å². The first-order valence-corrected chi connectivity index (χ1v) is 11.5. The van der Waals surface area contributed by atoms with Crippen LogP contribution in [0.2, 0.25) is 0 Å². The van der Waals surface area contributed by atoms with Crippen LogP contribution < -0.4 is 10.4 Å². The molecular formula is C25H15N5O3S. The Morgan fingerprint density at radius 1 is 1.00 bits per heavy atom. The largest absolute Gasteiger partial charge is 0.437 e. The smallest absolute Gasteiger partial charge is 0.344 e. The molecule has 1 aliphatic heterocycles. The van der Waals surface area contributed by atoms with E-state index in [0.29, 0.717) is 45.5 Å². The number of rotatable bonds is 2. The average molecular weight is 465 g/mol. The molecule has 6 aromatic rings. The summed E-state index contributed by atoms with van der Waals surface area (Å²) >= 11 is 1.61. The van der Waals surface area contributed by atoms with E-state index in [2.05, 4.69) is 15.1 Å². The maximum atomic E-state index is 13.3. The van der Waals surface area contributed by atoms with E-state index < -0.39 is 11.5 Å². The number of nitrogens with zero attached hydrogens (tertiary/aromatic N) is 5. The number of aromatic nitrogens is 5. The van der Waals surface area contributed by atoms with Gasteiger partial charge in [0.05, 0.1) is 22.4 Å². The molecule has 0 spiro atoms. The lowest BCUT2D eigenvalue weighted by Gasteiger charge is -2.26. The van der Waals surface area contributed by atoms with Crippen molar-refractivity contribution in [2.75, 3.05) is 0 Å². The molecule has 1 atom stereocenters. The van der Waals surface area contributed by atoms with E-state index >= 15 is 0 Å². The Morgan fingerprint density at radius 2 is 1.88 bits per heavy atom. The van der Waals surface area contributed by atoms with Crippen molar-refractivity contribution in [2.45, 2.75) is 12.8 Å². The van der Waals surface area contributed by atoms with Gasteiger partial charge in [-0.2, -0.15) is 0 Å². The Balaban J connectivity index is 1.56. The topological polar surface area (TPSA) is 95.4 Å². The summed E-state index contributed by atoms with van der Waals surface area (Å²) < 4.78 is 13.6. The molecule has 1 aliphatic rings. The highest BCUT2D eigenvalue weighted by Gasteiger charge is 2.38. The van der Waals surface area contributed by atoms with Crippen LogP contribution in [0.3, 0.4) is 0 Å². The lowest BCUT2D eigenvalue weighted by atomic mass is 9.88. The van der Waals surface area contributed by atoms with Crippen LogP contribution in [0.4, 0.5) is 0 Å². The molecule has 0 bridgehead atoms. The van der Waals surface area contributed by atoms with Gasteiger partial charge >= 0.3 is 5.63 Å². The van der Waals surface area contributed by atoms with Crippen LogP contribution in [0.5, 0.6) is 11.6 Å². The normalized spacial score (nSPS) is 14.7. The number of hydrogen-bond acceptors (Lipinski definition) is 8. The minimum Gasteiger partial charge on any atom is -0.437 e. The van der Waals surface area contributed by atoms with Crippen LogP contribution >= 0.6 is 11.3 Å². The second-order valence-electron chi connectivity index (χ2n) is 7.99. The summed E-state index contributed by atoms with van der Waals surface area (Å²) in [6, 6.07) is 17.0. The molecular weight excluding hydrogens is 450 g/mol. The molecule has 0 N–H and O–H groups in total. The van der Waals surface area contributed by atoms with E-state index in [1.807, 2.05) is 55.5 Å². The van der Waals surface area contributed by atoms with Crippen LogP contribution in [0.25, 0.3) is 28.1 Å². The molecule has 0 saturated heterocycles. The number of hydrogen-bond donors (Lipinski definition) is 0. The van der Waals surface area contributed by atoms with Gasteiger partial charge in [-0.25, -0.2) is 19.3 Å². The van der Waals surface area contributed by atoms with Crippen molar-refractivity contribution in [3.05, 3.63) is 98.4 Å². The van der Waals surface area contributed by atoms with Crippen LogP contribution in [0.15, 0.2) is 76.3 Å². The standard InChI is InChI=1S/C25H15N5O3S/c1-13-9-10-17(34-13)18-19-21(14-6-2-3-8-16(14)32-25(19)31)33-24-20(18)23-28-22(29-30(23)12-27-24)15-7-4-5-11-26-15/h2-12,18H,1H3. The molecule has 0 radical (unpaired) electrons. The number of fused-ring (bicyclic) bond motifs is 6. The molecule has 0 amide bonds. The van der Waals surface area contributed by atoms with E-state index in [4.69, 9.17) is 14.1 Å². The molecule has 164 valence electrons. The maximum absolute atomic E-state index is 13.3. The third-order valence-corrected chi connectivity index (χ3v) is 6.97. The van der Waals surface area contributed by atoms with Gasteiger partial charge < -0.3 is 9.15 Å². The van der Waals surface area contributed by atoms with Crippen LogP contribution in [-0.2, 0) is 0 Å². The van der Waals surface area contributed by atoms with Gasteiger partial charge in [-0.1, -0.05) is 18.2 Å². The van der Waals surface area contributed by atoms with E-state index in [9.17, 15) is 4.79 Å². The molecule has 5 aromatic heterocycles. The van der Waals surface area contributed by atoms with E-state index in [1.165, 1.54) is 0 Å². The fraction of sp³-hybridized carbons (Fsp3) is 0.0800. The van der Waals surface area contributed by atoms with E-state index in [0.717, 1.165) is 15.1 Å². The number of aryl methyl sites for hydroxylation is 1. The first-order valence-electron chi connectivity index (χ1n) is 10.6. The van der Waals surface area contributed by atoms with Gasteiger partial charge in [0, 0.05) is 16.0 Å². The van der Waals surface area contributed by atoms with Gasteiger partial charge in [0.2, 0.25) is 11.7 Å². The summed E-state index contributed by atoms with van der Waals surface area (Å²) in [6.07, 6.45) is 3.27. The van der Waals surface area contributed by atoms with Gasteiger partial charge in [0.25, 0.3) is 0 Å². The first kappa shape index (κ1) is 19.1. The molecule has 0 fully saturated rings. The number of ether oxygens (including phenoxy) is 1. The predicted octanol–water partition coefficient (Wildman–Crippen LogP) is 4.95. The summed E-state index contributed by atoms with van der Waals surface area (Å²) in [4.78, 5) is 29.1. The van der Waals surface area contributed by atoms with Crippen molar-refractivity contribution >= 4 is 28.0 Å². The summed E-state index contributed by atoms with van der Waals surface area (Å²) in [6.45, 7) is 2.03. The fourth-order valence-corrected chi connectivity index (χ4v) is 5.42. The highest BCUT2D eigenvalue weighted by molar-refractivity contribution is 7.12. The zero-order valence-corrected chi connectivity index (χ0v) is 18.6. The molecule has 34 heavy (non-hydrogen) atoms. The summed E-state index contributed by atoms with van der Waals surface area (Å²) in [5, 5.41) is 5.30. The maximum Gasteiger partial charge on any atom is 0.344 e. The van der Waals surface area contributed by atoms with Crippen LogP contribution in [0, 0.1) is 6.92 Å². The van der Waals surface area contributed by atoms with Crippen molar-refractivity contribution in [3.8, 4) is 23.1 Å². The molecule has 7 rings (SSSR count). The second-order valence-corrected chi connectivity index (χ2v) is 9.31. The van der Waals surface area contributed by atoms with Crippen LogP contribution in [0.1, 0.15) is 26.8 Å². The quantitative estimate of drug-likeness (QED) is 0.333. The minimum atomic E-state index is -0.463. The van der Waals surface area contributed by atoms with Gasteiger partial charge in [0.1, 0.15) is 17.6 Å². The average Bonchev–Trinajstić information content (AvgIpc) is 3.50. The summed E-state index contributed by atoms with van der Waals surface area (Å²) in [7, 11) is 0. The number of thiophene rings is 1. The van der Waals surface area contributed by atoms with Crippen molar-refractivity contribution in [1.29, 1.82) is 0 Å². The van der Waals surface area contributed by atoms with Crippen molar-refractivity contribution in [3.63, 3.8) is 0 Å². The molecule has 8 nitrogen and oxygen atoms in total. The number of para-hydroxylation sites is 1. The third kappa shape index (κ3) is 2.74. The molecule has 1 unspecified atom stereocenters. The van der Waals surface area contributed by atoms with E-state index in [1.54, 1.807) is 34.4 Å². The zero-order chi connectivity index (χ0) is 22.8. The summed E-state index contributed by atoms with van der Waals surface area (Å²) in [5.74, 6) is 0.868. The molecule has 0 aliphatic carbocycles. The van der Waals surface area contributed by atoms with Crippen molar-refractivity contribution in [1.82, 2.24) is 24.6 Å². The van der Waals surface area contributed by atoms with E-state index in [-0.39, 0.29) is 0 Å². The molecule has 9 heteroatoms. The first-order chi connectivity index (χ1) is 16.7. The second kappa shape index (κ2) is 7.06. The summed E-state index contributed by atoms with van der Waals surface area (Å²) in [5.41, 5.74) is 2.34. The zero-order valence-electron chi connectivity index (χ0n) is 17.8. The monoisotopic (exact) mass is 465 g/mol. The third-order valence-electron chi connectivity index (χ3n) is 5.90.